The molecule has 0 N–H and O–H groups in total. The van der Waals surface area contributed by atoms with Crippen molar-refractivity contribution in [3.05, 3.63) is 30.1 Å². The number of aromatic nitrogens is 1. The van der Waals surface area contributed by atoms with Gasteiger partial charge in [-0.05, 0) is 43.7 Å². The average molecular weight is 325 g/mol. The summed E-state index contributed by atoms with van der Waals surface area (Å²) in [6.07, 6.45) is 6.15. The van der Waals surface area contributed by atoms with Crippen LogP contribution in [0.5, 0.6) is 0 Å². The molecule has 0 bridgehead atoms. The molecule has 0 aromatic carbocycles. The van der Waals surface area contributed by atoms with Crippen molar-refractivity contribution in [2.75, 3.05) is 6.54 Å². The van der Waals surface area contributed by atoms with Gasteiger partial charge in [0.2, 0.25) is 5.91 Å². The first-order chi connectivity index (χ1) is 11.6. The molecule has 2 fully saturated rings. The van der Waals surface area contributed by atoms with Crippen LogP contribution in [0.2, 0.25) is 0 Å². The molecule has 2 heterocycles. The second kappa shape index (κ2) is 7.12. The zero-order chi connectivity index (χ0) is 17.1. The van der Waals surface area contributed by atoms with Crippen molar-refractivity contribution >= 4 is 11.7 Å². The fourth-order valence-electron chi connectivity index (χ4n) is 3.89. The van der Waals surface area contributed by atoms with Gasteiger partial charge in [-0.3, -0.25) is 14.6 Å². The summed E-state index contributed by atoms with van der Waals surface area (Å²) in [6, 6.07) is 7.56. The highest BCUT2D eigenvalue weighted by atomic mass is 16.2. The van der Waals surface area contributed by atoms with Crippen LogP contribution in [0, 0.1) is 23.2 Å². The summed E-state index contributed by atoms with van der Waals surface area (Å²) in [5.41, 5.74) is 0.474. The van der Waals surface area contributed by atoms with Crippen LogP contribution >= 0.6 is 0 Å². The van der Waals surface area contributed by atoms with E-state index in [1.54, 1.807) is 24.4 Å². The van der Waals surface area contributed by atoms with Crippen LogP contribution in [0.4, 0.5) is 0 Å². The summed E-state index contributed by atoms with van der Waals surface area (Å²) in [4.78, 5) is 31.2. The van der Waals surface area contributed by atoms with Crippen molar-refractivity contribution in [3.8, 4) is 6.07 Å². The number of hydrogen-bond acceptors (Lipinski definition) is 4. The van der Waals surface area contributed by atoms with E-state index in [-0.39, 0.29) is 30.1 Å². The van der Waals surface area contributed by atoms with E-state index in [0.29, 0.717) is 12.2 Å². The van der Waals surface area contributed by atoms with Gasteiger partial charge >= 0.3 is 0 Å². The molecule has 3 rings (SSSR count). The molecule has 1 aliphatic heterocycles. The number of carbonyl (C=O) groups excluding carboxylic acids is 2. The Morgan fingerprint density at radius 1 is 1.33 bits per heavy atom. The lowest BCUT2D eigenvalue weighted by Crippen LogP contribution is -2.39. The molecule has 5 heteroatoms. The highest BCUT2D eigenvalue weighted by molar-refractivity contribution is 5.95. The Labute approximate surface area is 142 Å². The van der Waals surface area contributed by atoms with E-state index in [9.17, 15) is 14.9 Å². The maximum absolute atomic E-state index is 12.8. The lowest BCUT2D eigenvalue weighted by molar-refractivity contribution is -0.130. The summed E-state index contributed by atoms with van der Waals surface area (Å²) in [7, 11) is 0. The molecule has 1 aromatic heterocycles. The van der Waals surface area contributed by atoms with Gasteiger partial charge in [0.15, 0.2) is 5.78 Å². The van der Waals surface area contributed by atoms with Gasteiger partial charge < -0.3 is 4.90 Å². The van der Waals surface area contributed by atoms with E-state index in [1.165, 1.54) is 0 Å². The van der Waals surface area contributed by atoms with E-state index >= 15 is 0 Å². The van der Waals surface area contributed by atoms with E-state index in [2.05, 4.69) is 18.0 Å². The molecule has 2 aliphatic rings. The first-order valence-corrected chi connectivity index (χ1v) is 8.74. The van der Waals surface area contributed by atoms with E-state index < -0.39 is 5.92 Å². The van der Waals surface area contributed by atoms with Crippen molar-refractivity contribution in [2.24, 2.45) is 11.8 Å². The van der Waals surface area contributed by atoms with Gasteiger partial charge in [0.05, 0.1) is 11.8 Å². The number of Topliss-reactive ketones (excluding diaryl/α,β-unsaturated/α-hetero) is 1. The molecule has 0 spiro atoms. The first kappa shape index (κ1) is 16.6. The normalized spacial score (nSPS) is 28.4. The Balaban J connectivity index is 1.68. The summed E-state index contributed by atoms with van der Waals surface area (Å²) in [5, 5.41) is 9.41. The Kier molecular flexibility index (Phi) is 4.94. The zero-order valence-electron chi connectivity index (χ0n) is 14.0. The summed E-state index contributed by atoms with van der Waals surface area (Å²) < 4.78 is 0. The van der Waals surface area contributed by atoms with E-state index in [0.717, 1.165) is 31.6 Å². The Morgan fingerprint density at radius 3 is 2.71 bits per heavy atom. The lowest BCUT2D eigenvalue weighted by Gasteiger charge is -2.33. The maximum Gasteiger partial charge on any atom is 0.223 e. The second-order valence-electron chi connectivity index (χ2n) is 7.08. The minimum absolute atomic E-state index is 0.0608. The number of carbonyl (C=O) groups is 2. The van der Waals surface area contributed by atoms with E-state index in [1.807, 2.05) is 4.90 Å². The van der Waals surface area contributed by atoms with Crippen LogP contribution in [0.3, 0.4) is 0 Å². The van der Waals surface area contributed by atoms with Crippen LogP contribution in [0.25, 0.3) is 0 Å². The highest BCUT2D eigenvalue weighted by Gasteiger charge is 2.41. The summed E-state index contributed by atoms with van der Waals surface area (Å²) in [5.74, 6) is -0.649. The molecule has 1 saturated carbocycles. The topological polar surface area (TPSA) is 74.1 Å². The number of nitriles is 1. The van der Waals surface area contributed by atoms with Crippen molar-refractivity contribution in [2.45, 2.75) is 51.0 Å². The Bertz CT molecular complexity index is 644. The number of hydrogen-bond donors (Lipinski definition) is 0. The van der Waals surface area contributed by atoms with Gasteiger partial charge in [0.1, 0.15) is 5.92 Å². The van der Waals surface area contributed by atoms with Crippen molar-refractivity contribution < 1.29 is 9.59 Å². The van der Waals surface area contributed by atoms with Crippen molar-refractivity contribution in [1.82, 2.24) is 9.88 Å². The third-order valence-electron chi connectivity index (χ3n) is 5.38. The third kappa shape index (κ3) is 3.33. The number of amides is 1. The van der Waals surface area contributed by atoms with Gasteiger partial charge in [0.25, 0.3) is 0 Å². The number of ketones is 1. The predicted molar refractivity (Wildman–Crippen MR) is 88.8 cm³/mol. The fourth-order valence-corrected chi connectivity index (χ4v) is 3.89. The first-order valence-electron chi connectivity index (χ1n) is 8.74. The molecule has 5 nitrogen and oxygen atoms in total. The lowest BCUT2D eigenvalue weighted by atomic mass is 9.86. The molecule has 2 atom stereocenters. The predicted octanol–water partition coefficient (Wildman–Crippen LogP) is 2.69. The van der Waals surface area contributed by atoms with Gasteiger partial charge in [-0.1, -0.05) is 13.0 Å². The maximum atomic E-state index is 12.8. The number of pyridine rings is 1. The number of likely N-dealkylation sites (tertiary alicyclic amines) is 1. The van der Waals surface area contributed by atoms with Gasteiger partial charge in [-0.15, -0.1) is 0 Å². The molecule has 0 unspecified atom stereocenters. The van der Waals surface area contributed by atoms with Crippen LogP contribution in [-0.2, 0) is 9.59 Å². The third-order valence-corrected chi connectivity index (χ3v) is 5.38. The monoisotopic (exact) mass is 325 g/mol. The standard InChI is InChI=1S/C19H23N3O2/c1-13-5-7-15(8-6-13)22-12-14(10-18(22)23)19(24)16(11-20)17-4-2-3-9-21-17/h2-4,9,13-16H,5-8,10,12H2,1H3/t13?,14-,15?,16+/m1/s1. The smallest absolute Gasteiger partial charge is 0.223 e. The molecule has 0 radical (unpaired) electrons. The van der Waals surface area contributed by atoms with Gasteiger partial charge in [0, 0.05) is 31.1 Å². The molecule has 1 amide bonds. The van der Waals surface area contributed by atoms with Crippen molar-refractivity contribution in [1.29, 1.82) is 5.26 Å². The Hall–Kier alpha value is -2.22. The largest absolute Gasteiger partial charge is 0.339 e. The van der Waals surface area contributed by atoms with Crippen LogP contribution in [0.1, 0.15) is 50.6 Å². The SMILES string of the molecule is CC1CCC(N2C[C@H](C(=O)[C@@H](C#N)c3ccccn3)CC2=O)CC1. The molecule has 1 aliphatic carbocycles. The molecular weight excluding hydrogens is 302 g/mol. The Morgan fingerprint density at radius 2 is 2.08 bits per heavy atom. The number of rotatable bonds is 4. The average Bonchev–Trinajstić information content (AvgIpc) is 2.99. The quantitative estimate of drug-likeness (QED) is 0.853. The van der Waals surface area contributed by atoms with Gasteiger partial charge in [-0.25, -0.2) is 0 Å². The molecule has 1 saturated heterocycles. The molecule has 1 aromatic rings. The highest BCUT2D eigenvalue weighted by Crippen LogP contribution is 2.33. The van der Waals surface area contributed by atoms with E-state index in [4.69, 9.17) is 0 Å². The zero-order valence-corrected chi connectivity index (χ0v) is 14.0. The fraction of sp³-hybridized carbons (Fsp3) is 0.579. The minimum Gasteiger partial charge on any atom is -0.339 e. The van der Waals surface area contributed by atoms with Crippen molar-refractivity contribution in [3.63, 3.8) is 0 Å². The summed E-state index contributed by atoms with van der Waals surface area (Å²) in [6.45, 7) is 2.71. The van der Waals surface area contributed by atoms with Crippen LogP contribution < -0.4 is 0 Å². The second-order valence-corrected chi connectivity index (χ2v) is 7.08. The number of nitrogens with zero attached hydrogens (tertiary/aromatic N) is 3. The summed E-state index contributed by atoms with van der Waals surface area (Å²) >= 11 is 0. The minimum atomic E-state index is -0.879. The molecule has 24 heavy (non-hydrogen) atoms. The molecular formula is C19H23N3O2. The van der Waals surface area contributed by atoms with Crippen LogP contribution in [-0.4, -0.2) is 34.2 Å². The molecule has 126 valence electrons. The van der Waals surface area contributed by atoms with Gasteiger partial charge in [-0.2, -0.15) is 5.26 Å². The van der Waals surface area contributed by atoms with Crippen LogP contribution in [0.15, 0.2) is 24.4 Å².